The van der Waals surface area contributed by atoms with Gasteiger partial charge in [0, 0.05) is 38.6 Å². The molecule has 0 saturated carbocycles. The average molecular weight is 443 g/mol. The van der Waals surface area contributed by atoms with E-state index in [1.807, 2.05) is 43.3 Å². The van der Waals surface area contributed by atoms with Gasteiger partial charge in [0.15, 0.2) is 5.52 Å². The van der Waals surface area contributed by atoms with Crippen LogP contribution in [0.5, 0.6) is 5.88 Å². The maximum absolute atomic E-state index is 11.5. The molecule has 0 bridgehead atoms. The Morgan fingerprint density at radius 3 is 2.87 bits per heavy atom. The third-order valence-corrected chi connectivity index (χ3v) is 5.31. The second kappa shape index (κ2) is 8.91. The van der Waals surface area contributed by atoms with Gasteiger partial charge in [-0.25, -0.2) is 14.8 Å². The van der Waals surface area contributed by atoms with Gasteiger partial charge in [-0.1, -0.05) is 17.7 Å². The second-order valence-electron chi connectivity index (χ2n) is 7.39. The van der Waals surface area contributed by atoms with Crippen molar-refractivity contribution in [2.75, 3.05) is 45.3 Å². The molecule has 1 atom stereocenters. The number of carbonyl (C=O) groups is 1. The van der Waals surface area contributed by atoms with Gasteiger partial charge in [-0.15, -0.1) is 0 Å². The van der Waals surface area contributed by atoms with Crippen molar-refractivity contribution >= 4 is 34.4 Å². The number of hydrogen-bond acceptors (Lipinski definition) is 7. The number of carbonyl (C=O) groups excluding carboxylic acids is 1. The lowest BCUT2D eigenvalue weighted by Gasteiger charge is -2.31. The van der Waals surface area contributed by atoms with E-state index < -0.39 is 6.03 Å². The first-order valence-corrected chi connectivity index (χ1v) is 10.2. The van der Waals surface area contributed by atoms with Gasteiger partial charge >= 0.3 is 6.03 Å². The minimum atomic E-state index is -0.470. The van der Waals surface area contributed by atoms with Crippen LogP contribution in [-0.2, 0) is 4.74 Å². The molecule has 1 saturated heterocycles. The summed E-state index contributed by atoms with van der Waals surface area (Å²) >= 11 is 6.45. The molecule has 2 aromatic heterocycles. The predicted molar refractivity (Wildman–Crippen MR) is 118 cm³/mol. The van der Waals surface area contributed by atoms with Crippen LogP contribution in [0.4, 0.5) is 10.5 Å². The highest BCUT2D eigenvalue weighted by atomic mass is 35.5. The summed E-state index contributed by atoms with van der Waals surface area (Å²) in [5, 5.41) is 0.619. The number of hydrogen-bond donors (Lipinski definition) is 1. The summed E-state index contributed by atoms with van der Waals surface area (Å²) in [5.41, 5.74) is 8.99. The van der Waals surface area contributed by atoms with Gasteiger partial charge in [0.05, 0.1) is 35.1 Å². The molecule has 1 aromatic carbocycles. The summed E-state index contributed by atoms with van der Waals surface area (Å²) in [7, 11) is 3.87. The first kappa shape index (κ1) is 21.1. The number of ether oxygens (including phenoxy) is 2. The smallest absolute Gasteiger partial charge is 0.314 e. The summed E-state index contributed by atoms with van der Waals surface area (Å²) in [4.78, 5) is 28.4. The van der Waals surface area contributed by atoms with E-state index in [2.05, 4.69) is 15.0 Å². The fourth-order valence-electron chi connectivity index (χ4n) is 3.41. The Labute approximate surface area is 184 Å². The molecule has 9 nitrogen and oxygen atoms in total. The van der Waals surface area contributed by atoms with E-state index >= 15 is 0 Å². The predicted octanol–water partition coefficient (Wildman–Crippen LogP) is 2.57. The van der Waals surface area contributed by atoms with Crippen LogP contribution in [0, 0.1) is 0 Å². The van der Waals surface area contributed by atoms with Gasteiger partial charge < -0.3 is 25.0 Å². The van der Waals surface area contributed by atoms with Gasteiger partial charge in [0.25, 0.3) is 0 Å². The molecule has 1 fully saturated rings. The number of anilines is 1. The molecule has 0 radical (unpaired) electrons. The van der Waals surface area contributed by atoms with Crippen LogP contribution >= 0.6 is 11.6 Å². The number of morpholine rings is 1. The SMILES string of the molecule is CN(C)c1ccc(-c2cc3nccnc3c(OC[C@@H]3CN(C(N)=O)CCO3)n2)cc1Cl. The zero-order valence-corrected chi connectivity index (χ0v) is 18.0. The molecule has 0 unspecified atom stereocenters. The fraction of sp³-hybridized carbons (Fsp3) is 0.333. The van der Waals surface area contributed by atoms with E-state index in [0.29, 0.717) is 47.3 Å². The molecule has 3 aromatic rings. The van der Waals surface area contributed by atoms with Crippen molar-refractivity contribution in [3.63, 3.8) is 0 Å². The Morgan fingerprint density at radius 2 is 2.13 bits per heavy atom. The lowest BCUT2D eigenvalue weighted by Crippen LogP contribution is -2.49. The number of nitrogens with zero attached hydrogens (tertiary/aromatic N) is 5. The highest BCUT2D eigenvalue weighted by Crippen LogP contribution is 2.32. The van der Waals surface area contributed by atoms with E-state index in [9.17, 15) is 4.79 Å². The number of primary amides is 1. The maximum atomic E-state index is 11.5. The number of halogens is 1. The fourth-order valence-corrected chi connectivity index (χ4v) is 3.76. The number of benzene rings is 1. The molecule has 10 heteroatoms. The molecule has 1 aliphatic rings. The highest BCUT2D eigenvalue weighted by Gasteiger charge is 2.24. The summed E-state index contributed by atoms with van der Waals surface area (Å²) in [6, 6.07) is 7.13. The van der Waals surface area contributed by atoms with Crippen molar-refractivity contribution in [2.45, 2.75) is 6.10 Å². The maximum Gasteiger partial charge on any atom is 0.314 e. The Morgan fingerprint density at radius 1 is 1.32 bits per heavy atom. The van der Waals surface area contributed by atoms with E-state index in [1.165, 1.54) is 4.90 Å². The summed E-state index contributed by atoms with van der Waals surface area (Å²) in [6.07, 6.45) is 2.89. The molecular formula is C21H23ClN6O3. The molecule has 31 heavy (non-hydrogen) atoms. The Bertz CT molecular complexity index is 1110. The number of aromatic nitrogens is 3. The van der Waals surface area contributed by atoms with Crippen molar-refractivity contribution in [1.82, 2.24) is 19.9 Å². The van der Waals surface area contributed by atoms with E-state index in [1.54, 1.807) is 12.4 Å². The lowest BCUT2D eigenvalue weighted by molar-refractivity contribution is -0.0346. The van der Waals surface area contributed by atoms with Crippen LogP contribution in [0.3, 0.4) is 0 Å². The normalized spacial score (nSPS) is 16.4. The largest absolute Gasteiger partial charge is 0.473 e. The van der Waals surface area contributed by atoms with Gasteiger partial charge in [0.2, 0.25) is 5.88 Å². The van der Waals surface area contributed by atoms with Crippen LogP contribution in [-0.4, -0.2) is 72.4 Å². The van der Waals surface area contributed by atoms with Gasteiger partial charge in [-0.05, 0) is 18.2 Å². The van der Waals surface area contributed by atoms with Crippen LogP contribution in [0.25, 0.3) is 22.3 Å². The summed E-state index contributed by atoms with van der Waals surface area (Å²) in [6.45, 7) is 1.44. The minimum Gasteiger partial charge on any atom is -0.473 e. The number of amides is 2. The molecule has 0 spiro atoms. The molecule has 3 heterocycles. The zero-order valence-electron chi connectivity index (χ0n) is 17.3. The summed E-state index contributed by atoms with van der Waals surface area (Å²) < 4.78 is 11.7. The standard InChI is InChI=1S/C21H23ClN6O3/c1-27(2)18-4-3-13(9-15(18)22)16-10-17-19(25-6-5-24-17)20(26-16)31-12-14-11-28(21(23)29)7-8-30-14/h3-6,9-10,14H,7-8,11-12H2,1-2H3,(H2,23,29)/t14-/m0/s1. The zero-order chi connectivity index (χ0) is 22.0. The first-order valence-electron chi connectivity index (χ1n) is 9.80. The third-order valence-electron chi connectivity index (χ3n) is 5.01. The first-order chi connectivity index (χ1) is 14.9. The molecule has 1 aliphatic heterocycles. The van der Waals surface area contributed by atoms with E-state index in [0.717, 1.165) is 11.3 Å². The van der Waals surface area contributed by atoms with Crippen molar-refractivity contribution in [3.8, 4) is 17.1 Å². The van der Waals surface area contributed by atoms with Crippen molar-refractivity contribution in [1.29, 1.82) is 0 Å². The summed E-state index contributed by atoms with van der Waals surface area (Å²) in [5.74, 6) is 0.341. The number of fused-ring (bicyclic) bond motifs is 1. The molecule has 2 amide bonds. The van der Waals surface area contributed by atoms with Crippen molar-refractivity contribution < 1.29 is 14.3 Å². The quantitative estimate of drug-likeness (QED) is 0.647. The van der Waals surface area contributed by atoms with Gasteiger partial charge in [-0.2, -0.15) is 0 Å². The molecule has 4 rings (SSSR count). The van der Waals surface area contributed by atoms with Gasteiger partial charge in [0.1, 0.15) is 12.7 Å². The Balaban J connectivity index is 1.63. The number of urea groups is 1. The number of rotatable bonds is 5. The molecular weight excluding hydrogens is 420 g/mol. The molecule has 162 valence electrons. The van der Waals surface area contributed by atoms with Crippen LogP contribution in [0.2, 0.25) is 5.02 Å². The third kappa shape index (κ3) is 4.62. The lowest BCUT2D eigenvalue weighted by atomic mass is 10.1. The van der Waals surface area contributed by atoms with E-state index in [-0.39, 0.29) is 12.7 Å². The Hall–Kier alpha value is -3.17. The average Bonchev–Trinajstić information content (AvgIpc) is 2.77. The van der Waals surface area contributed by atoms with Crippen molar-refractivity contribution in [3.05, 3.63) is 41.7 Å². The van der Waals surface area contributed by atoms with Crippen LogP contribution in [0.15, 0.2) is 36.7 Å². The molecule has 0 aliphatic carbocycles. The number of pyridine rings is 1. The topological polar surface area (TPSA) is 107 Å². The minimum absolute atomic E-state index is 0.201. The Kier molecular flexibility index (Phi) is 6.06. The van der Waals surface area contributed by atoms with Crippen molar-refractivity contribution in [2.24, 2.45) is 5.73 Å². The highest BCUT2D eigenvalue weighted by molar-refractivity contribution is 6.33. The van der Waals surface area contributed by atoms with Crippen LogP contribution < -0.4 is 15.4 Å². The number of nitrogens with two attached hydrogens (primary N) is 1. The van der Waals surface area contributed by atoms with E-state index in [4.69, 9.17) is 26.8 Å². The second-order valence-corrected chi connectivity index (χ2v) is 7.79. The van der Waals surface area contributed by atoms with Crippen LogP contribution in [0.1, 0.15) is 0 Å². The monoisotopic (exact) mass is 442 g/mol. The molecule has 2 N–H and O–H groups in total. The van der Waals surface area contributed by atoms with Gasteiger partial charge in [-0.3, -0.25) is 4.98 Å².